The number of hydrogen-bond donors (Lipinski definition) is 1. The SMILES string of the molecule is Cc1ccc(NC(=O)COC(=O)CCc2ncc(-c3ccc(F)cc3F)o2)cc1. The first-order valence-corrected chi connectivity index (χ1v) is 8.83. The molecule has 3 rings (SSSR count). The van der Waals surface area contributed by atoms with Crippen molar-refractivity contribution in [3.63, 3.8) is 0 Å². The molecule has 0 atom stereocenters. The number of nitrogens with one attached hydrogen (secondary N) is 1. The lowest BCUT2D eigenvalue weighted by molar-refractivity contribution is -0.147. The molecular formula is C21H18F2N2O4. The number of oxazole rings is 1. The van der Waals surface area contributed by atoms with Gasteiger partial charge in [0.25, 0.3) is 5.91 Å². The van der Waals surface area contributed by atoms with E-state index in [1.165, 1.54) is 12.3 Å². The number of carbonyl (C=O) groups is 2. The first-order chi connectivity index (χ1) is 13.9. The zero-order chi connectivity index (χ0) is 20.8. The zero-order valence-corrected chi connectivity index (χ0v) is 15.6. The van der Waals surface area contributed by atoms with E-state index in [0.717, 1.165) is 17.7 Å². The van der Waals surface area contributed by atoms with Crippen LogP contribution < -0.4 is 5.32 Å². The van der Waals surface area contributed by atoms with Gasteiger partial charge in [0.15, 0.2) is 18.3 Å². The topological polar surface area (TPSA) is 81.4 Å². The van der Waals surface area contributed by atoms with E-state index in [2.05, 4.69) is 10.3 Å². The molecule has 0 aliphatic heterocycles. The maximum atomic E-state index is 13.8. The highest BCUT2D eigenvalue weighted by Crippen LogP contribution is 2.24. The number of carbonyl (C=O) groups excluding carboxylic acids is 2. The fraction of sp³-hybridized carbons (Fsp3) is 0.190. The summed E-state index contributed by atoms with van der Waals surface area (Å²) in [5.74, 6) is -2.19. The van der Waals surface area contributed by atoms with Crippen molar-refractivity contribution in [2.75, 3.05) is 11.9 Å². The van der Waals surface area contributed by atoms with Gasteiger partial charge in [-0.1, -0.05) is 17.7 Å². The van der Waals surface area contributed by atoms with Crippen LogP contribution in [0, 0.1) is 18.6 Å². The number of benzene rings is 2. The summed E-state index contributed by atoms with van der Waals surface area (Å²) < 4.78 is 37.1. The second kappa shape index (κ2) is 9.09. The average Bonchev–Trinajstić information content (AvgIpc) is 3.15. The molecule has 6 nitrogen and oxygen atoms in total. The first-order valence-electron chi connectivity index (χ1n) is 8.83. The van der Waals surface area contributed by atoms with Gasteiger partial charge in [-0.25, -0.2) is 13.8 Å². The lowest BCUT2D eigenvalue weighted by Gasteiger charge is -2.06. The van der Waals surface area contributed by atoms with Crippen LogP contribution in [0.25, 0.3) is 11.3 Å². The Morgan fingerprint density at radius 2 is 1.90 bits per heavy atom. The van der Waals surface area contributed by atoms with Crippen LogP contribution in [0.4, 0.5) is 14.5 Å². The largest absolute Gasteiger partial charge is 0.456 e. The second-order valence-corrected chi connectivity index (χ2v) is 6.32. The molecule has 0 saturated heterocycles. The molecule has 1 N–H and O–H groups in total. The number of rotatable bonds is 7. The molecule has 29 heavy (non-hydrogen) atoms. The van der Waals surface area contributed by atoms with Crippen molar-refractivity contribution in [2.45, 2.75) is 19.8 Å². The lowest BCUT2D eigenvalue weighted by atomic mass is 10.2. The summed E-state index contributed by atoms with van der Waals surface area (Å²) in [5.41, 5.74) is 1.74. The number of nitrogens with zero attached hydrogens (tertiary/aromatic N) is 1. The van der Waals surface area contributed by atoms with E-state index in [-0.39, 0.29) is 30.1 Å². The fourth-order valence-electron chi connectivity index (χ4n) is 2.50. The molecule has 0 fully saturated rings. The third-order valence-electron chi connectivity index (χ3n) is 3.99. The number of aromatic nitrogens is 1. The number of halogens is 2. The summed E-state index contributed by atoms with van der Waals surface area (Å²) in [4.78, 5) is 27.6. The summed E-state index contributed by atoms with van der Waals surface area (Å²) >= 11 is 0. The van der Waals surface area contributed by atoms with E-state index >= 15 is 0 Å². The number of ether oxygens (including phenoxy) is 1. The number of amides is 1. The molecule has 3 aromatic rings. The van der Waals surface area contributed by atoms with Crippen LogP contribution in [-0.4, -0.2) is 23.5 Å². The van der Waals surface area contributed by atoms with Gasteiger partial charge in [0.1, 0.15) is 11.6 Å². The van der Waals surface area contributed by atoms with Crippen molar-refractivity contribution in [2.24, 2.45) is 0 Å². The molecule has 150 valence electrons. The summed E-state index contributed by atoms with van der Waals surface area (Å²) in [6.45, 7) is 1.52. The van der Waals surface area contributed by atoms with Crippen LogP contribution in [-0.2, 0) is 20.7 Å². The normalized spacial score (nSPS) is 10.6. The molecule has 0 aliphatic carbocycles. The highest BCUT2D eigenvalue weighted by Gasteiger charge is 2.14. The van der Waals surface area contributed by atoms with Crippen LogP contribution in [0.1, 0.15) is 17.9 Å². The van der Waals surface area contributed by atoms with Crippen molar-refractivity contribution in [1.29, 1.82) is 0 Å². The van der Waals surface area contributed by atoms with Gasteiger partial charge < -0.3 is 14.5 Å². The Morgan fingerprint density at radius 1 is 1.14 bits per heavy atom. The molecule has 1 heterocycles. The van der Waals surface area contributed by atoms with E-state index in [1.807, 2.05) is 19.1 Å². The van der Waals surface area contributed by atoms with Gasteiger partial charge in [-0.3, -0.25) is 9.59 Å². The van der Waals surface area contributed by atoms with Gasteiger partial charge in [0, 0.05) is 18.2 Å². The van der Waals surface area contributed by atoms with Crippen molar-refractivity contribution in [1.82, 2.24) is 4.98 Å². The van der Waals surface area contributed by atoms with Crippen molar-refractivity contribution in [3.05, 3.63) is 71.8 Å². The van der Waals surface area contributed by atoms with Crippen molar-refractivity contribution in [3.8, 4) is 11.3 Å². The number of esters is 1. The zero-order valence-electron chi connectivity index (χ0n) is 15.6. The van der Waals surface area contributed by atoms with Gasteiger partial charge in [-0.05, 0) is 31.2 Å². The van der Waals surface area contributed by atoms with Crippen LogP contribution in [0.3, 0.4) is 0 Å². The third kappa shape index (κ3) is 5.71. The minimum atomic E-state index is -0.772. The van der Waals surface area contributed by atoms with Gasteiger partial charge >= 0.3 is 5.97 Å². The molecule has 0 spiro atoms. The van der Waals surface area contributed by atoms with E-state index < -0.39 is 30.1 Å². The van der Waals surface area contributed by atoms with Gasteiger partial charge in [0.2, 0.25) is 0 Å². The highest BCUT2D eigenvalue weighted by molar-refractivity contribution is 5.92. The first kappa shape index (κ1) is 20.2. The van der Waals surface area contributed by atoms with E-state index in [4.69, 9.17) is 9.15 Å². The Kier molecular flexibility index (Phi) is 6.33. The molecule has 0 aliphatic rings. The number of anilines is 1. The standard InChI is InChI=1S/C21H18F2N2O4/c1-13-2-5-15(6-3-13)25-19(26)12-28-21(27)9-8-20-24-11-18(29-20)16-7-4-14(22)10-17(16)23/h2-7,10-11H,8-9,12H2,1H3,(H,25,26). The predicted molar refractivity (Wildman–Crippen MR) is 101 cm³/mol. The van der Waals surface area contributed by atoms with Gasteiger partial charge in [0.05, 0.1) is 18.2 Å². The summed E-state index contributed by atoms with van der Waals surface area (Å²) in [6.07, 6.45) is 1.34. The summed E-state index contributed by atoms with van der Waals surface area (Å²) in [5, 5.41) is 2.62. The number of hydrogen-bond acceptors (Lipinski definition) is 5. The van der Waals surface area contributed by atoms with Crippen molar-refractivity contribution >= 4 is 17.6 Å². The Balaban J connectivity index is 1.45. The van der Waals surface area contributed by atoms with E-state index in [9.17, 15) is 18.4 Å². The smallest absolute Gasteiger partial charge is 0.306 e. The average molecular weight is 400 g/mol. The maximum absolute atomic E-state index is 13.8. The van der Waals surface area contributed by atoms with Crippen molar-refractivity contribution < 1.29 is 27.5 Å². The van der Waals surface area contributed by atoms with Crippen LogP contribution in [0.5, 0.6) is 0 Å². The molecule has 0 unspecified atom stereocenters. The Morgan fingerprint density at radius 3 is 2.62 bits per heavy atom. The Hall–Kier alpha value is -3.55. The molecule has 1 aromatic heterocycles. The summed E-state index contributed by atoms with van der Waals surface area (Å²) in [7, 11) is 0. The molecule has 8 heteroatoms. The van der Waals surface area contributed by atoms with Crippen LogP contribution in [0.2, 0.25) is 0 Å². The maximum Gasteiger partial charge on any atom is 0.306 e. The minimum Gasteiger partial charge on any atom is -0.456 e. The van der Waals surface area contributed by atoms with E-state index in [1.54, 1.807) is 12.1 Å². The lowest BCUT2D eigenvalue weighted by Crippen LogP contribution is -2.21. The van der Waals surface area contributed by atoms with Gasteiger partial charge in [-0.2, -0.15) is 0 Å². The molecular weight excluding hydrogens is 382 g/mol. The second-order valence-electron chi connectivity index (χ2n) is 6.32. The van der Waals surface area contributed by atoms with Crippen LogP contribution in [0.15, 0.2) is 53.1 Å². The fourth-order valence-corrected chi connectivity index (χ4v) is 2.50. The monoisotopic (exact) mass is 400 g/mol. The molecule has 1 amide bonds. The molecule has 0 saturated carbocycles. The quantitative estimate of drug-likeness (QED) is 0.606. The highest BCUT2D eigenvalue weighted by atomic mass is 19.1. The summed E-state index contributed by atoms with van der Waals surface area (Å²) in [6, 6.07) is 10.3. The van der Waals surface area contributed by atoms with Gasteiger partial charge in [-0.15, -0.1) is 0 Å². The van der Waals surface area contributed by atoms with E-state index in [0.29, 0.717) is 5.69 Å². The Bertz CT molecular complexity index is 1020. The van der Waals surface area contributed by atoms with Crippen LogP contribution >= 0.6 is 0 Å². The molecule has 0 bridgehead atoms. The Labute approximate surface area is 165 Å². The molecule has 2 aromatic carbocycles. The third-order valence-corrected chi connectivity index (χ3v) is 3.99. The minimum absolute atomic E-state index is 0.0658. The number of aryl methyl sites for hydroxylation is 2. The molecule has 0 radical (unpaired) electrons. The predicted octanol–water partition coefficient (Wildman–Crippen LogP) is 4.04.